The van der Waals surface area contributed by atoms with E-state index in [0.29, 0.717) is 32.2 Å². The van der Waals surface area contributed by atoms with Crippen LogP contribution < -0.4 is 4.31 Å². The van der Waals surface area contributed by atoms with E-state index in [1.165, 1.54) is 14.7 Å². The van der Waals surface area contributed by atoms with Crippen LogP contribution >= 0.6 is 45.2 Å². The van der Waals surface area contributed by atoms with Gasteiger partial charge in [0.05, 0.1) is 42.1 Å². The van der Waals surface area contributed by atoms with E-state index in [1.807, 2.05) is 60.7 Å². The van der Waals surface area contributed by atoms with E-state index in [0.717, 1.165) is 68.1 Å². The van der Waals surface area contributed by atoms with Crippen molar-refractivity contribution < 1.29 is 47.0 Å². The van der Waals surface area contributed by atoms with Gasteiger partial charge in [0, 0.05) is 51.7 Å². The first kappa shape index (κ1) is 52.4. The van der Waals surface area contributed by atoms with Gasteiger partial charge in [-0.25, -0.2) is 34.4 Å². The Morgan fingerprint density at radius 2 is 0.925 bits per heavy atom. The number of hydrogen-bond donors (Lipinski definition) is 0. The highest BCUT2D eigenvalue weighted by atomic mass is 127. The highest BCUT2D eigenvalue weighted by molar-refractivity contribution is 14.1. The standard InChI is InChI=1S/C23H21F2IN2O2S.C17H18INO3S.C8H8F2O2S/c1-31(29,30)28(21-12-18(24)11-19(25)13-21)22-14-27(15-22)23(16-5-3-2-4-6-16)17-7-9-20(26)10-8-17;1-23(20,21)22-16-11-19(12-16)17(13-5-3-2-4-6-13)14-7-9-15(18)10-8-14;1-13(11,12)5-6-2-7(9)4-8(10)3-6/h2-13,22-23H,14-15H2,1H3;2-10,16-17H,11-12H2,1H3;2-4H,5H2,1H3. The molecule has 6 aromatic carbocycles. The molecule has 19 heteroatoms. The third-order valence-corrected chi connectivity index (χ3v) is 14.7. The van der Waals surface area contributed by atoms with Crippen molar-refractivity contribution in [2.24, 2.45) is 0 Å². The molecule has 2 unspecified atom stereocenters. The van der Waals surface area contributed by atoms with Gasteiger partial charge in [-0.3, -0.25) is 18.3 Å². The summed E-state index contributed by atoms with van der Waals surface area (Å²) in [6.45, 7) is 2.10. The van der Waals surface area contributed by atoms with Gasteiger partial charge < -0.3 is 0 Å². The van der Waals surface area contributed by atoms with Crippen molar-refractivity contribution in [3.63, 3.8) is 0 Å². The molecular weight excluding hydrogens is 1160 g/mol. The van der Waals surface area contributed by atoms with Gasteiger partial charge in [-0.2, -0.15) is 8.42 Å². The van der Waals surface area contributed by atoms with Crippen LogP contribution in [0.3, 0.4) is 0 Å². The normalized spacial score (nSPS) is 15.7. The topological polar surface area (TPSA) is 121 Å². The summed E-state index contributed by atoms with van der Waals surface area (Å²) in [5.74, 6) is -3.49. The van der Waals surface area contributed by atoms with Crippen LogP contribution in [0.2, 0.25) is 0 Å². The molecule has 2 aliphatic heterocycles. The molecule has 0 N–H and O–H groups in total. The Balaban J connectivity index is 0.000000180. The molecule has 0 radical (unpaired) electrons. The van der Waals surface area contributed by atoms with Crippen LogP contribution in [-0.2, 0) is 39.9 Å². The number of halogens is 6. The molecule has 2 atom stereocenters. The van der Waals surface area contributed by atoms with Crippen LogP contribution in [0.1, 0.15) is 39.9 Å². The van der Waals surface area contributed by atoms with Gasteiger partial charge in [-0.05, 0) is 122 Å². The minimum atomic E-state index is -3.72. The van der Waals surface area contributed by atoms with Crippen molar-refractivity contribution in [3.05, 3.63) is 204 Å². The van der Waals surface area contributed by atoms with Crippen molar-refractivity contribution >= 4 is 80.8 Å². The Labute approximate surface area is 417 Å². The lowest BCUT2D eigenvalue weighted by Crippen LogP contribution is -2.61. The van der Waals surface area contributed by atoms with Gasteiger partial charge >= 0.3 is 0 Å². The molecule has 2 aliphatic rings. The molecule has 0 aliphatic carbocycles. The van der Waals surface area contributed by atoms with E-state index < -0.39 is 59.3 Å². The van der Waals surface area contributed by atoms with Crippen LogP contribution in [0, 0.1) is 30.4 Å². The van der Waals surface area contributed by atoms with Gasteiger partial charge in [-0.15, -0.1) is 0 Å². The van der Waals surface area contributed by atoms with E-state index in [9.17, 15) is 42.8 Å². The molecule has 2 heterocycles. The predicted octanol–water partition coefficient (Wildman–Crippen LogP) is 9.36. The molecule has 0 amide bonds. The molecule has 10 nitrogen and oxygen atoms in total. The molecule has 67 heavy (non-hydrogen) atoms. The summed E-state index contributed by atoms with van der Waals surface area (Å²) in [5, 5.41) is 0. The summed E-state index contributed by atoms with van der Waals surface area (Å²) in [5.41, 5.74) is 4.74. The average Bonchev–Trinajstić information content (AvgIpc) is 3.19. The Morgan fingerprint density at radius 3 is 1.30 bits per heavy atom. The van der Waals surface area contributed by atoms with Crippen molar-refractivity contribution in [1.82, 2.24) is 9.80 Å². The Kier molecular flexibility index (Phi) is 17.7. The SMILES string of the molecule is CS(=O)(=O)Cc1cc(F)cc(F)c1.CS(=O)(=O)N(c1cc(F)cc(F)c1)C1CN(C(c2ccccc2)c2ccc(I)cc2)C1.CS(=O)(=O)OC1CN(C(c2ccccc2)c2ccc(I)cc2)C1. The average molecular weight is 1200 g/mol. The summed E-state index contributed by atoms with van der Waals surface area (Å²) in [7, 11) is -10.4. The number of anilines is 1. The van der Waals surface area contributed by atoms with E-state index in [1.54, 1.807) is 0 Å². The highest BCUT2D eigenvalue weighted by Gasteiger charge is 2.41. The fourth-order valence-corrected chi connectivity index (χ4v) is 11.2. The Hall–Kier alpha value is -3.97. The van der Waals surface area contributed by atoms with E-state index in [4.69, 9.17) is 4.18 Å². The van der Waals surface area contributed by atoms with Crippen molar-refractivity contribution in [2.45, 2.75) is 30.0 Å². The minimum Gasteiger partial charge on any atom is -0.288 e. The maximum absolute atomic E-state index is 13.8. The quantitative estimate of drug-likeness (QED) is 0.0633. The van der Waals surface area contributed by atoms with E-state index >= 15 is 0 Å². The molecule has 0 bridgehead atoms. The van der Waals surface area contributed by atoms with Crippen LogP contribution in [0.25, 0.3) is 0 Å². The molecule has 2 fully saturated rings. The fraction of sp³-hybridized carbons (Fsp3) is 0.250. The Morgan fingerprint density at radius 1 is 0.552 bits per heavy atom. The zero-order chi connectivity index (χ0) is 48.7. The molecule has 8 rings (SSSR count). The maximum Gasteiger partial charge on any atom is 0.264 e. The van der Waals surface area contributed by atoms with Crippen LogP contribution in [0.4, 0.5) is 23.2 Å². The first-order valence-corrected chi connectivity index (χ1v) is 28.4. The van der Waals surface area contributed by atoms with Crippen molar-refractivity contribution in [2.75, 3.05) is 49.3 Å². The molecule has 0 saturated carbocycles. The van der Waals surface area contributed by atoms with Crippen molar-refractivity contribution in [3.8, 4) is 0 Å². The summed E-state index contributed by atoms with van der Waals surface area (Å²) < 4.78 is 130. The van der Waals surface area contributed by atoms with Crippen molar-refractivity contribution in [1.29, 1.82) is 0 Å². The predicted molar refractivity (Wildman–Crippen MR) is 270 cm³/mol. The smallest absolute Gasteiger partial charge is 0.264 e. The molecular formula is C48H47F4I2N3O7S3. The fourth-order valence-electron chi connectivity index (χ4n) is 7.96. The largest absolute Gasteiger partial charge is 0.288 e. The van der Waals surface area contributed by atoms with Gasteiger partial charge in [0.1, 0.15) is 29.4 Å². The molecule has 0 aromatic heterocycles. The number of rotatable bonds is 13. The second-order valence-electron chi connectivity index (χ2n) is 16.2. The Bertz CT molecular complexity index is 2910. The summed E-state index contributed by atoms with van der Waals surface area (Å²) in [4.78, 5) is 4.42. The number of sulfone groups is 1. The van der Waals surface area contributed by atoms with Crippen LogP contribution in [-0.4, -0.2) is 92.1 Å². The first-order valence-electron chi connectivity index (χ1n) is 20.6. The molecule has 6 aromatic rings. The second-order valence-corrected chi connectivity index (χ2v) is 24.3. The summed E-state index contributed by atoms with van der Waals surface area (Å²) in [6.07, 6.45) is 2.92. The minimum absolute atomic E-state index is 0.00942. The van der Waals surface area contributed by atoms with Crippen LogP contribution in [0.15, 0.2) is 146 Å². The zero-order valence-electron chi connectivity index (χ0n) is 36.4. The molecule has 0 spiro atoms. The lowest BCUT2D eigenvalue weighted by Gasteiger charge is -2.48. The number of likely N-dealkylation sites (tertiary alicyclic amines) is 2. The lowest BCUT2D eigenvalue weighted by atomic mass is 9.93. The monoisotopic (exact) mass is 1200 g/mol. The van der Waals surface area contributed by atoms with E-state index in [2.05, 4.69) is 104 Å². The second kappa shape index (κ2) is 22.6. The molecule has 2 saturated heterocycles. The van der Waals surface area contributed by atoms with Gasteiger partial charge in [0.2, 0.25) is 10.0 Å². The third kappa shape index (κ3) is 15.5. The van der Waals surface area contributed by atoms with Gasteiger partial charge in [-0.1, -0.05) is 84.9 Å². The lowest BCUT2D eigenvalue weighted by molar-refractivity contribution is 0.00474. The van der Waals surface area contributed by atoms with Crippen LogP contribution in [0.5, 0.6) is 0 Å². The third-order valence-electron chi connectivity index (χ3n) is 10.6. The van der Waals surface area contributed by atoms with E-state index in [-0.39, 0.29) is 35.2 Å². The highest BCUT2D eigenvalue weighted by Crippen LogP contribution is 2.37. The van der Waals surface area contributed by atoms with Gasteiger partial charge in [0.25, 0.3) is 10.1 Å². The number of hydrogen-bond acceptors (Lipinski definition) is 9. The van der Waals surface area contributed by atoms with Gasteiger partial charge in [0.15, 0.2) is 9.84 Å². The zero-order valence-corrected chi connectivity index (χ0v) is 43.2. The maximum atomic E-state index is 13.8. The number of sulfonamides is 1. The summed E-state index contributed by atoms with van der Waals surface area (Å²) in [6, 6.07) is 42.2. The number of benzene rings is 6. The first-order chi connectivity index (χ1) is 31.5. The molecule has 356 valence electrons. The number of nitrogens with zero attached hydrogens (tertiary/aromatic N) is 3. The summed E-state index contributed by atoms with van der Waals surface area (Å²) >= 11 is 4.55.